The molecule has 0 unspecified atom stereocenters. The van der Waals surface area contributed by atoms with Crippen LogP contribution in [0.25, 0.3) is 0 Å². The Balaban J connectivity index is 0.00000144. The number of halogens is 2. The van der Waals surface area contributed by atoms with Crippen LogP contribution in [-0.4, -0.2) is 0 Å². The maximum absolute atomic E-state index is 2.23. The van der Waals surface area contributed by atoms with Crippen molar-refractivity contribution in [2.75, 3.05) is 0 Å². The summed E-state index contributed by atoms with van der Waals surface area (Å²) in [5, 5.41) is 0. The molecule has 2 aromatic rings. The largest absolute Gasteiger partial charge is 1.00 e. The zero-order chi connectivity index (χ0) is 11.1. The molecule has 2 nitrogen and oxygen atoms in total. The highest BCUT2D eigenvalue weighted by molar-refractivity contribution is 4.84. The van der Waals surface area contributed by atoms with E-state index < -0.39 is 0 Å². The molecule has 0 amide bonds. The van der Waals surface area contributed by atoms with Gasteiger partial charge in [0.1, 0.15) is 13.1 Å². The molecule has 0 aromatic carbocycles. The Bertz CT molecular complexity index is 365. The average Bonchev–Trinajstić information content (AvgIpc) is 2.37. The van der Waals surface area contributed by atoms with Gasteiger partial charge in [-0.05, 0) is 0 Å². The second kappa shape index (κ2) is 10.2. The highest BCUT2D eigenvalue weighted by Crippen LogP contribution is 1.89. The molecule has 18 heavy (non-hydrogen) atoms. The average molecular weight is 374 g/mol. The van der Waals surface area contributed by atoms with Crippen molar-refractivity contribution in [3.05, 3.63) is 61.2 Å². The molecule has 2 rings (SSSR count). The molecule has 0 fully saturated rings. The first-order valence-electron chi connectivity index (χ1n) is 5.83. The zero-order valence-electron chi connectivity index (χ0n) is 10.3. The van der Waals surface area contributed by atoms with Gasteiger partial charge < -0.3 is 34.0 Å². The Morgan fingerprint density at radius 2 is 0.833 bits per heavy atom. The maximum atomic E-state index is 2.23. The predicted molar refractivity (Wildman–Crippen MR) is 62.5 cm³/mol. The summed E-state index contributed by atoms with van der Waals surface area (Å²) in [5.41, 5.74) is 0. The van der Waals surface area contributed by atoms with Gasteiger partial charge in [0.2, 0.25) is 0 Å². The van der Waals surface area contributed by atoms with Crippen molar-refractivity contribution in [1.29, 1.82) is 0 Å². The van der Waals surface area contributed by atoms with Crippen molar-refractivity contribution in [2.24, 2.45) is 0 Å². The summed E-state index contributed by atoms with van der Waals surface area (Å²) in [6.07, 6.45) is 10.9. The van der Waals surface area contributed by atoms with Crippen molar-refractivity contribution in [2.45, 2.75) is 25.9 Å². The van der Waals surface area contributed by atoms with Gasteiger partial charge in [-0.1, -0.05) is 12.1 Å². The fourth-order valence-electron chi connectivity index (χ4n) is 1.76. The van der Waals surface area contributed by atoms with Crippen molar-refractivity contribution in [3.63, 3.8) is 0 Å². The van der Waals surface area contributed by atoms with Gasteiger partial charge in [0, 0.05) is 37.1 Å². The monoisotopic (exact) mass is 372 g/mol. The van der Waals surface area contributed by atoms with Crippen LogP contribution < -0.4 is 43.1 Å². The van der Waals surface area contributed by atoms with Crippen LogP contribution in [0.15, 0.2) is 61.2 Å². The summed E-state index contributed by atoms with van der Waals surface area (Å²) in [6, 6.07) is 12.4. The number of unbranched alkanes of at least 4 members (excludes halogenated alkanes) is 1. The van der Waals surface area contributed by atoms with Crippen LogP contribution in [0.4, 0.5) is 0 Å². The second-order valence-corrected chi connectivity index (χ2v) is 3.93. The lowest BCUT2D eigenvalue weighted by Crippen LogP contribution is -3.00. The van der Waals surface area contributed by atoms with Crippen LogP contribution in [0, 0.1) is 0 Å². The summed E-state index contributed by atoms with van der Waals surface area (Å²) < 4.78 is 4.46. The molecule has 0 aliphatic carbocycles. The van der Waals surface area contributed by atoms with Crippen molar-refractivity contribution >= 4 is 0 Å². The van der Waals surface area contributed by atoms with E-state index in [1.165, 1.54) is 12.8 Å². The molecule has 4 heteroatoms. The molecule has 0 spiro atoms. The third kappa shape index (κ3) is 6.26. The Labute approximate surface area is 130 Å². The van der Waals surface area contributed by atoms with Crippen LogP contribution in [-0.2, 0) is 13.1 Å². The lowest BCUT2D eigenvalue weighted by atomic mass is 10.3. The molecule has 0 bridgehead atoms. The van der Waals surface area contributed by atoms with E-state index in [2.05, 4.69) is 70.3 Å². The second-order valence-electron chi connectivity index (χ2n) is 3.93. The van der Waals surface area contributed by atoms with Crippen molar-refractivity contribution in [3.8, 4) is 0 Å². The maximum Gasteiger partial charge on any atom is 0.168 e. The molecule has 2 heterocycles. The first kappa shape index (κ1) is 17.3. The van der Waals surface area contributed by atoms with E-state index in [-0.39, 0.29) is 34.0 Å². The van der Waals surface area contributed by atoms with Crippen LogP contribution in [0.2, 0.25) is 0 Å². The first-order valence-corrected chi connectivity index (χ1v) is 5.83. The summed E-state index contributed by atoms with van der Waals surface area (Å²) >= 11 is 0. The highest BCUT2D eigenvalue weighted by Gasteiger charge is 2.01. The molecule has 0 radical (unpaired) electrons. The molecule has 2 aromatic heterocycles. The van der Waals surface area contributed by atoms with Crippen LogP contribution in [0.5, 0.6) is 0 Å². The number of aryl methyl sites for hydroxylation is 2. The van der Waals surface area contributed by atoms with E-state index in [9.17, 15) is 0 Å². The van der Waals surface area contributed by atoms with Gasteiger partial charge in [0.05, 0.1) is 0 Å². The van der Waals surface area contributed by atoms with E-state index in [0.717, 1.165) is 13.1 Å². The van der Waals surface area contributed by atoms with Gasteiger partial charge in [0.15, 0.2) is 24.8 Å². The molecule has 0 N–H and O–H groups in total. The van der Waals surface area contributed by atoms with Gasteiger partial charge in [-0.15, -0.1) is 0 Å². The van der Waals surface area contributed by atoms with Crippen LogP contribution >= 0.6 is 0 Å². The van der Waals surface area contributed by atoms with E-state index in [1.807, 2.05) is 0 Å². The normalized spacial score (nSPS) is 9.11. The van der Waals surface area contributed by atoms with Gasteiger partial charge >= 0.3 is 0 Å². The number of hydrogen-bond donors (Lipinski definition) is 0. The lowest BCUT2D eigenvalue weighted by molar-refractivity contribution is -0.708. The summed E-state index contributed by atoms with van der Waals surface area (Å²) in [6.45, 7) is 2.21. The first-order chi connectivity index (χ1) is 7.95. The molecule has 0 atom stereocenters. The number of nitrogens with zero attached hydrogens (tertiary/aromatic N) is 2. The molecular weight excluding hydrogens is 356 g/mol. The highest BCUT2D eigenvalue weighted by atomic mass is 79.9. The SMILES string of the molecule is [Br-].[Br-].c1cc[n+](CCCC[n+]2ccccc2)cc1. The van der Waals surface area contributed by atoms with Crippen molar-refractivity contribution in [1.82, 2.24) is 0 Å². The summed E-state index contributed by atoms with van der Waals surface area (Å²) in [4.78, 5) is 0. The third-order valence-corrected chi connectivity index (χ3v) is 2.64. The van der Waals surface area contributed by atoms with Gasteiger partial charge in [0.25, 0.3) is 0 Å². The lowest BCUT2D eigenvalue weighted by Gasteiger charge is -1.96. The fourth-order valence-corrected chi connectivity index (χ4v) is 1.76. The third-order valence-electron chi connectivity index (χ3n) is 2.64. The Morgan fingerprint density at radius 1 is 0.500 bits per heavy atom. The fraction of sp³-hybridized carbons (Fsp3) is 0.286. The number of pyridine rings is 2. The van der Waals surface area contributed by atoms with E-state index >= 15 is 0 Å². The van der Waals surface area contributed by atoms with E-state index in [4.69, 9.17) is 0 Å². The Kier molecular flexibility index (Phi) is 9.79. The van der Waals surface area contributed by atoms with Gasteiger partial charge in [-0.25, -0.2) is 9.13 Å². The molecule has 0 saturated heterocycles. The molecule has 0 saturated carbocycles. The number of hydrogen-bond acceptors (Lipinski definition) is 0. The van der Waals surface area contributed by atoms with Crippen molar-refractivity contribution < 1.29 is 43.1 Å². The molecule has 0 aliphatic heterocycles. The minimum atomic E-state index is 0. The van der Waals surface area contributed by atoms with Gasteiger partial charge in [-0.3, -0.25) is 0 Å². The molecule has 0 aliphatic rings. The minimum absolute atomic E-state index is 0. The van der Waals surface area contributed by atoms with E-state index in [1.54, 1.807) is 0 Å². The number of aromatic nitrogens is 2. The topological polar surface area (TPSA) is 7.76 Å². The molecular formula is C14H18Br2N2. The minimum Gasteiger partial charge on any atom is -1.00 e. The predicted octanol–water partition coefficient (Wildman–Crippen LogP) is -4.25. The van der Waals surface area contributed by atoms with E-state index in [0.29, 0.717) is 0 Å². The van der Waals surface area contributed by atoms with Crippen LogP contribution in [0.1, 0.15) is 12.8 Å². The Morgan fingerprint density at radius 3 is 1.17 bits per heavy atom. The quantitative estimate of drug-likeness (QED) is 0.370. The van der Waals surface area contributed by atoms with Gasteiger partial charge in [-0.2, -0.15) is 0 Å². The molecule has 98 valence electrons. The standard InChI is InChI=1S/C14H18N2.2BrH/c1-3-9-15(10-4-1)13-7-8-14-16-11-5-2-6-12-16;;/h1-6,9-12H,7-8,13-14H2;2*1H/q+2;;/p-2. The van der Waals surface area contributed by atoms with Crippen LogP contribution in [0.3, 0.4) is 0 Å². The Hall–Kier alpha value is -0.740. The summed E-state index contributed by atoms with van der Waals surface area (Å²) in [5.74, 6) is 0. The number of rotatable bonds is 5. The zero-order valence-corrected chi connectivity index (χ0v) is 13.4. The summed E-state index contributed by atoms with van der Waals surface area (Å²) in [7, 11) is 0. The smallest absolute Gasteiger partial charge is 0.168 e.